The molecule has 1 rings (SSSR count). The third-order valence-electron chi connectivity index (χ3n) is 4.14. The molecule has 0 heterocycles. The third-order valence-corrected chi connectivity index (χ3v) is 8.73. The first kappa shape index (κ1) is 28.3. The summed E-state index contributed by atoms with van der Waals surface area (Å²) in [5, 5.41) is 18.6. The van der Waals surface area contributed by atoms with Crippen molar-refractivity contribution < 1.29 is 50.6 Å². The van der Waals surface area contributed by atoms with Crippen LogP contribution < -0.4 is 10.6 Å². The normalized spacial score (nSPS) is 13.6. The van der Waals surface area contributed by atoms with Crippen LogP contribution in [0.2, 0.25) is 0 Å². The molecule has 0 spiro atoms. The van der Waals surface area contributed by atoms with Gasteiger partial charge in [-0.15, -0.1) is 0 Å². The van der Waals surface area contributed by atoms with E-state index in [9.17, 15) is 32.5 Å². The highest BCUT2D eigenvalue weighted by Crippen LogP contribution is 2.54. The average Bonchev–Trinajstić information content (AvgIpc) is 2.62. The molecule has 0 aliphatic rings. The van der Waals surface area contributed by atoms with E-state index < -0.39 is 44.4 Å². The lowest BCUT2D eigenvalue weighted by Crippen LogP contribution is -2.48. The van der Waals surface area contributed by atoms with Crippen LogP contribution in [-0.2, 0) is 33.6 Å². The summed E-state index contributed by atoms with van der Waals surface area (Å²) in [6.07, 6.45) is -6.83. The Morgan fingerprint density at radius 1 is 0.839 bits per heavy atom. The molecule has 0 aliphatic carbocycles. The molecule has 0 bridgehead atoms. The lowest BCUT2D eigenvalue weighted by Gasteiger charge is -2.30. The van der Waals surface area contributed by atoms with Gasteiger partial charge in [-0.25, -0.2) is 0 Å². The first-order chi connectivity index (χ1) is 14.2. The van der Waals surface area contributed by atoms with Gasteiger partial charge in [0.25, 0.3) is 5.79 Å². The summed E-state index contributed by atoms with van der Waals surface area (Å²) >= 11 is 0. The van der Waals surface area contributed by atoms with E-state index in [1.165, 1.54) is 46.8 Å². The highest BCUT2D eigenvalue weighted by Gasteiger charge is 2.54. The first-order valence-electron chi connectivity index (χ1n) is 9.66. The monoisotopic (exact) mass is 492 g/mol. The van der Waals surface area contributed by atoms with Crippen molar-refractivity contribution in [1.29, 1.82) is 0 Å². The number of alkyl halides is 3. The van der Waals surface area contributed by atoms with E-state index >= 15 is 0 Å². The van der Waals surface area contributed by atoms with Crippen molar-refractivity contribution in [2.45, 2.75) is 53.0 Å². The number of hydrogen-bond acceptors (Lipinski definition) is 8. The molecule has 0 aliphatic heterocycles. The van der Waals surface area contributed by atoms with E-state index in [0.717, 1.165) is 0 Å². The lowest BCUT2D eigenvalue weighted by atomic mass is 10.00. The predicted octanol–water partition coefficient (Wildman–Crippen LogP) is 3.56. The quantitative estimate of drug-likeness (QED) is 0.337. The fourth-order valence-electron chi connectivity index (χ4n) is 2.84. The summed E-state index contributed by atoms with van der Waals surface area (Å²) in [5.74, 6) is -4.16. The van der Waals surface area contributed by atoms with Crippen molar-refractivity contribution in [2.75, 3.05) is 26.4 Å². The molecular weight excluding hydrogens is 463 g/mol. The van der Waals surface area contributed by atoms with Crippen LogP contribution in [0, 0.1) is 6.92 Å². The van der Waals surface area contributed by atoms with Gasteiger partial charge in [0.2, 0.25) is 0 Å². The molecule has 0 saturated carbocycles. The van der Waals surface area contributed by atoms with Crippen molar-refractivity contribution in [3.05, 3.63) is 23.3 Å². The number of halogens is 3. The van der Waals surface area contributed by atoms with Gasteiger partial charge >= 0.3 is 21.4 Å². The van der Waals surface area contributed by atoms with E-state index in [-0.39, 0.29) is 37.3 Å². The van der Waals surface area contributed by atoms with Crippen LogP contribution in [-0.4, -0.2) is 48.6 Å². The molecule has 0 amide bonds. The lowest BCUT2D eigenvalue weighted by molar-refractivity contribution is -0.347. The molecule has 0 aromatic heterocycles. The minimum Gasteiger partial charge on any atom is -0.358 e. The van der Waals surface area contributed by atoms with Gasteiger partial charge in [0, 0.05) is 6.42 Å². The van der Waals surface area contributed by atoms with Gasteiger partial charge in [0.15, 0.2) is 0 Å². The summed E-state index contributed by atoms with van der Waals surface area (Å²) in [7, 11) is -8.56. The maximum absolute atomic E-state index is 13.7. The van der Waals surface area contributed by atoms with Gasteiger partial charge in [-0.3, -0.25) is 9.13 Å². The smallest absolute Gasteiger partial charge is 0.358 e. The maximum atomic E-state index is 13.7. The van der Waals surface area contributed by atoms with Crippen LogP contribution in [0.25, 0.3) is 0 Å². The SMILES string of the molecule is CCOP(=O)(OCC)c1ccc(C)c(CC(O)(O)C(F)(F)F)c1P(=O)(OCC)OCC. The number of aliphatic hydroxyl groups is 2. The van der Waals surface area contributed by atoms with Crippen LogP contribution in [0.15, 0.2) is 12.1 Å². The van der Waals surface area contributed by atoms with Crippen molar-refractivity contribution in [3.63, 3.8) is 0 Å². The zero-order valence-corrected chi connectivity index (χ0v) is 19.9. The Bertz CT molecular complexity index is 822. The number of aryl methyl sites for hydroxylation is 1. The third kappa shape index (κ3) is 6.39. The fourth-order valence-corrected chi connectivity index (χ4v) is 7.22. The molecule has 0 atom stereocenters. The largest absolute Gasteiger partial charge is 0.443 e. The van der Waals surface area contributed by atoms with Crippen LogP contribution in [0.1, 0.15) is 38.8 Å². The molecule has 31 heavy (non-hydrogen) atoms. The molecule has 0 unspecified atom stereocenters. The van der Waals surface area contributed by atoms with Crippen LogP contribution in [0.4, 0.5) is 13.2 Å². The number of rotatable bonds is 12. The Labute approximate surface area is 179 Å². The van der Waals surface area contributed by atoms with Gasteiger partial charge in [-0.05, 0) is 51.8 Å². The highest BCUT2D eigenvalue weighted by atomic mass is 31.2. The van der Waals surface area contributed by atoms with Crippen molar-refractivity contribution in [3.8, 4) is 0 Å². The molecule has 0 saturated heterocycles. The Balaban J connectivity index is 4.02. The Kier molecular flexibility index (Phi) is 9.94. The molecule has 13 heteroatoms. The Hall–Kier alpha value is -0.770. The van der Waals surface area contributed by atoms with Gasteiger partial charge in [-0.1, -0.05) is 6.07 Å². The zero-order chi connectivity index (χ0) is 24.1. The molecule has 0 radical (unpaired) electrons. The van der Waals surface area contributed by atoms with Crippen LogP contribution in [0.3, 0.4) is 0 Å². The molecule has 0 fully saturated rings. The van der Waals surface area contributed by atoms with Crippen molar-refractivity contribution in [2.24, 2.45) is 0 Å². The van der Waals surface area contributed by atoms with E-state index in [0.29, 0.717) is 0 Å². The minimum atomic E-state index is -5.42. The minimum absolute atomic E-state index is 0.0833. The summed E-state index contributed by atoms with van der Waals surface area (Å²) < 4.78 is 88.0. The second kappa shape index (κ2) is 10.9. The summed E-state index contributed by atoms with van der Waals surface area (Å²) in [5.41, 5.74) is -0.278. The van der Waals surface area contributed by atoms with Crippen molar-refractivity contribution in [1.82, 2.24) is 0 Å². The van der Waals surface area contributed by atoms with Gasteiger partial charge in [0.05, 0.1) is 37.0 Å². The maximum Gasteiger partial charge on any atom is 0.443 e. The molecular formula is C18H29F3O8P2. The van der Waals surface area contributed by atoms with Gasteiger partial charge in [0.1, 0.15) is 0 Å². The topological polar surface area (TPSA) is 112 Å². The van der Waals surface area contributed by atoms with E-state index in [2.05, 4.69) is 0 Å². The van der Waals surface area contributed by atoms with E-state index in [4.69, 9.17) is 18.1 Å². The average molecular weight is 492 g/mol. The molecule has 1 aromatic rings. The summed E-state index contributed by atoms with van der Waals surface area (Å²) in [4.78, 5) is 0. The fraction of sp³-hybridized carbons (Fsp3) is 0.667. The second-order valence-electron chi connectivity index (χ2n) is 6.39. The Morgan fingerprint density at radius 2 is 1.26 bits per heavy atom. The first-order valence-corrected chi connectivity index (χ1v) is 12.7. The van der Waals surface area contributed by atoms with Crippen molar-refractivity contribution >= 4 is 25.8 Å². The number of benzene rings is 1. The predicted molar refractivity (Wildman–Crippen MR) is 109 cm³/mol. The molecule has 180 valence electrons. The summed E-state index contributed by atoms with van der Waals surface area (Å²) in [6, 6.07) is 2.54. The second-order valence-corrected chi connectivity index (χ2v) is 10.3. The van der Waals surface area contributed by atoms with Crippen LogP contribution in [0.5, 0.6) is 0 Å². The molecule has 1 aromatic carbocycles. The number of hydrogen-bond donors (Lipinski definition) is 2. The van der Waals surface area contributed by atoms with E-state index in [1.54, 1.807) is 0 Å². The molecule has 2 N–H and O–H groups in total. The zero-order valence-electron chi connectivity index (χ0n) is 18.1. The highest BCUT2D eigenvalue weighted by molar-refractivity contribution is 7.69. The summed E-state index contributed by atoms with van der Waals surface area (Å²) in [6.45, 7) is 6.94. The Morgan fingerprint density at radius 3 is 1.65 bits per heavy atom. The van der Waals surface area contributed by atoms with Gasteiger partial charge in [-0.2, -0.15) is 13.2 Å². The standard InChI is InChI=1S/C18H29F3O8P2/c1-6-26-30(24,27-7-2)15-11-10-13(5)14(12-17(22,23)18(19,20)21)16(15)31(25,28-8-3)29-9-4/h10-11,22-23H,6-9,12H2,1-5H3. The van der Waals surface area contributed by atoms with Gasteiger partial charge < -0.3 is 28.3 Å². The van der Waals surface area contributed by atoms with E-state index in [1.807, 2.05) is 0 Å². The van der Waals surface area contributed by atoms with Crippen LogP contribution >= 0.6 is 15.2 Å². The molecule has 8 nitrogen and oxygen atoms in total.